The average molecular weight is 361 g/mol. The number of carbonyl (C=O) groups excluding carboxylic acids is 2. The molecule has 1 heterocycles. The second-order valence-electron chi connectivity index (χ2n) is 6.24. The molecule has 0 saturated carbocycles. The van der Waals surface area contributed by atoms with Gasteiger partial charge in [-0.05, 0) is 61.9 Å². The second-order valence-corrected chi connectivity index (χ2v) is 7.34. The minimum atomic E-state index is -0.399. The number of amides is 1. The molecule has 1 aliphatic rings. The molecule has 4 nitrogen and oxygen atoms in total. The number of halogens is 1. The van der Waals surface area contributed by atoms with E-state index in [1.807, 2.05) is 0 Å². The first-order valence-corrected chi connectivity index (χ1v) is 9.19. The fourth-order valence-electron chi connectivity index (χ4n) is 3.03. The summed E-state index contributed by atoms with van der Waals surface area (Å²) >= 11 is 1.44. The topological polar surface area (TPSA) is 55.4 Å². The molecule has 1 atom stereocenters. The molecule has 1 amide bonds. The summed E-state index contributed by atoms with van der Waals surface area (Å²) in [5, 5.41) is 3.33. The van der Waals surface area contributed by atoms with E-state index >= 15 is 0 Å². The van der Waals surface area contributed by atoms with E-state index in [9.17, 15) is 14.0 Å². The Morgan fingerprint density at radius 2 is 2.04 bits per heavy atom. The molecule has 0 bridgehead atoms. The number of ether oxygens (including phenoxy) is 1. The lowest BCUT2D eigenvalue weighted by Gasteiger charge is -2.18. The monoisotopic (exact) mass is 361 g/mol. The summed E-state index contributed by atoms with van der Waals surface area (Å²) in [5.41, 5.74) is 1.82. The first-order chi connectivity index (χ1) is 12.0. The fraction of sp³-hybridized carbons (Fsp3) is 0.368. The molecule has 0 saturated heterocycles. The van der Waals surface area contributed by atoms with Crippen molar-refractivity contribution in [1.29, 1.82) is 0 Å². The van der Waals surface area contributed by atoms with Crippen LogP contribution in [-0.4, -0.2) is 18.5 Å². The average Bonchev–Trinajstić information content (AvgIpc) is 2.92. The molecular formula is C19H20FNO3S. The first-order valence-electron chi connectivity index (χ1n) is 8.38. The van der Waals surface area contributed by atoms with Gasteiger partial charge in [0.25, 0.3) is 5.91 Å². The van der Waals surface area contributed by atoms with Crippen LogP contribution >= 0.6 is 11.3 Å². The van der Waals surface area contributed by atoms with E-state index in [2.05, 4.69) is 12.2 Å². The highest BCUT2D eigenvalue weighted by Gasteiger charge is 2.29. The number of hydrogen-bond donors (Lipinski definition) is 1. The number of hydrogen-bond acceptors (Lipinski definition) is 4. The zero-order valence-corrected chi connectivity index (χ0v) is 15.0. The van der Waals surface area contributed by atoms with Crippen LogP contribution in [0.4, 0.5) is 9.39 Å². The van der Waals surface area contributed by atoms with Crippen LogP contribution in [-0.2, 0) is 17.6 Å². The van der Waals surface area contributed by atoms with Gasteiger partial charge in [0.05, 0.1) is 12.2 Å². The summed E-state index contributed by atoms with van der Waals surface area (Å²) < 4.78 is 18.2. The normalized spacial score (nSPS) is 16.2. The molecule has 1 aliphatic carbocycles. The van der Waals surface area contributed by atoms with Gasteiger partial charge in [0.15, 0.2) is 0 Å². The van der Waals surface area contributed by atoms with E-state index in [4.69, 9.17) is 4.74 Å². The minimum Gasteiger partial charge on any atom is -0.462 e. The number of thiophene rings is 1. The number of nitrogens with one attached hydrogen (secondary N) is 1. The summed E-state index contributed by atoms with van der Waals surface area (Å²) in [7, 11) is 0. The molecule has 3 rings (SSSR count). The molecule has 2 aromatic rings. The Hall–Kier alpha value is -2.21. The number of benzene rings is 1. The van der Waals surface area contributed by atoms with Gasteiger partial charge in [-0.3, -0.25) is 4.79 Å². The molecule has 1 aromatic heterocycles. The van der Waals surface area contributed by atoms with E-state index in [1.54, 1.807) is 6.92 Å². The quantitative estimate of drug-likeness (QED) is 0.819. The largest absolute Gasteiger partial charge is 0.462 e. The van der Waals surface area contributed by atoms with E-state index in [0.717, 1.165) is 29.7 Å². The van der Waals surface area contributed by atoms with Gasteiger partial charge in [0, 0.05) is 10.4 Å². The fourth-order valence-corrected chi connectivity index (χ4v) is 4.43. The maximum Gasteiger partial charge on any atom is 0.341 e. The van der Waals surface area contributed by atoms with Gasteiger partial charge in [-0.15, -0.1) is 11.3 Å². The van der Waals surface area contributed by atoms with Gasteiger partial charge in [0.1, 0.15) is 10.8 Å². The smallest absolute Gasteiger partial charge is 0.341 e. The lowest BCUT2D eigenvalue weighted by molar-refractivity contribution is 0.0526. The molecule has 6 heteroatoms. The Balaban J connectivity index is 1.93. The van der Waals surface area contributed by atoms with Gasteiger partial charge in [-0.2, -0.15) is 0 Å². The maximum absolute atomic E-state index is 13.0. The van der Waals surface area contributed by atoms with Crippen molar-refractivity contribution in [2.45, 2.75) is 33.1 Å². The standard InChI is InChI=1S/C19H20FNO3S/c1-3-24-19(23)16-14-9-4-11(2)10-15(14)25-18(16)21-17(22)12-5-7-13(20)8-6-12/h5-8,11H,3-4,9-10H2,1-2H3,(H,21,22)/t11-/m0/s1. The lowest BCUT2D eigenvalue weighted by Crippen LogP contribution is -2.16. The number of anilines is 1. The molecule has 25 heavy (non-hydrogen) atoms. The van der Waals surface area contributed by atoms with Crippen LogP contribution in [0.3, 0.4) is 0 Å². The van der Waals surface area contributed by atoms with Crippen molar-refractivity contribution in [3.8, 4) is 0 Å². The maximum atomic E-state index is 13.0. The summed E-state index contributed by atoms with van der Waals surface area (Å²) in [6.07, 6.45) is 2.73. The summed E-state index contributed by atoms with van der Waals surface area (Å²) in [5.74, 6) is -0.604. The van der Waals surface area contributed by atoms with Crippen molar-refractivity contribution >= 4 is 28.2 Å². The predicted octanol–water partition coefficient (Wildman–Crippen LogP) is 4.44. The van der Waals surface area contributed by atoms with Gasteiger partial charge in [-0.25, -0.2) is 9.18 Å². The van der Waals surface area contributed by atoms with Crippen molar-refractivity contribution in [2.24, 2.45) is 5.92 Å². The van der Waals surface area contributed by atoms with E-state index in [1.165, 1.54) is 35.6 Å². The summed E-state index contributed by atoms with van der Waals surface area (Å²) in [4.78, 5) is 26.0. The molecular weight excluding hydrogens is 341 g/mol. The van der Waals surface area contributed by atoms with Crippen LogP contribution in [0.5, 0.6) is 0 Å². The molecule has 0 radical (unpaired) electrons. The van der Waals surface area contributed by atoms with Crippen molar-refractivity contribution in [2.75, 3.05) is 11.9 Å². The molecule has 1 aromatic carbocycles. The zero-order valence-electron chi connectivity index (χ0n) is 14.2. The van der Waals surface area contributed by atoms with E-state index < -0.39 is 11.8 Å². The van der Waals surface area contributed by atoms with Gasteiger partial charge in [-0.1, -0.05) is 6.92 Å². The summed E-state index contributed by atoms with van der Waals surface area (Å²) in [6, 6.07) is 5.32. The molecule has 132 valence electrons. The van der Waals surface area contributed by atoms with Crippen LogP contribution < -0.4 is 5.32 Å². The van der Waals surface area contributed by atoms with Crippen molar-refractivity contribution in [3.63, 3.8) is 0 Å². The SMILES string of the molecule is CCOC(=O)c1c(NC(=O)c2ccc(F)cc2)sc2c1CC[C@H](C)C2. The van der Waals surface area contributed by atoms with E-state index in [-0.39, 0.29) is 12.5 Å². The van der Waals surface area contributed by atoms with Gasteiger partial charge < -0.3 is 10.1 Å². The highest BCUT2D eigenvalue weighted by atomic mass is 32.1. The number of esters is 1. The van der Waals surface area contributed by atoms with Crippen LogP contribution in [0, 0.1) is 11.7 Å². The second kappa shape index (κ2) is 7.35. The van der Waals surface area contributed by atoms with Crippen molar-refractivity contribution < 1.29 is 18.7 Å². The van der Waals surface area contributed by atoms with Crippen LogP contribution in [0.15, 0.2) is 24.3 Å². The Kier molecular flexibility index (Phi) is 5.18. The predicted molar refractivity (Wildman–Crippen MR) is 95.8 cm³/mol. The van der Waals surface area contributed by atoms with Crippen molar-refractivity contribution in [1.82, 2.24) is 0 Å². The lowest BCUT2D eigenvalue weighted by atomic mass is 9.88. The zero-order chi connectivity index (χ0) is 18.0. The first kappa shape index (κ1) is 17.6. The van der Waals surface area contributed by atoms with Crippen LogP contribution in [0.1, 0.15) is 51.4 Å². The Bertz CT molecular complexity index is 798. The highest BCUT2D eigenvalue weighted by Crippen LogP contribution is 2.40. The molecule has 1 N–H and O–H groups in total. The molecule has 0 spiro atoms. The Morgan fingerprint density at radius 1 is 1.32 bits per heavy atom. The molecule has 0 aliphatic heterocycles. The molecule has 0 fully saturated rings. The highest BCUT2D eigenvalue weighted by molar-refractivity contribution is 7.17. The van der Waals surface area contributed by atoms with Crippen LogP contribution in [0.25, 0.3) is 0 Å². The number of fused-ring (bicyclic) bond motifs is 1. The van der Waals surface area contributed by atoms with E-state index in [0.29, 0.717) is 22.0 Å². The van der Waals surface area contributed by atoms with Gasteiger partial charge in [0.2, 0.25) is 0 Å². The Morgan fingerprint density at radius 3 is 2.72 bits per heavy atom. The number of rotatable bonds is 4. The number of carbonyl (C=O) groups is 2. The minimum absolute atomic E-state index is 0.283. The Labute approximate surface area is 150 Å². The third-order valence-electron chi connectivity index (χ3n) is 4.32. The van der Waals surface area contributed by atoms with Gasteiger partial charge >= 0.3 is 5.97 Å². The van der Waals surface area contributed by atoms with Crippen LogP contribution in [0.2, 0.25) is 0 Å². The third-order valence-corrected chi connectivity index (χ3v) is 5.49. The van der Waals surface area contributed by atoms with Crippen molar-refractivity contribution in [3.05, 3.63) is 51.7 Å². The third kappa shape index (κ3) is 3.74. The molecule has 0 unspecified atom stereocenters. The summed E-state index contributed by atoms with van der Waals surface area (Å²) in [6.45, 7) is 4.23.